The molecule has 130 valence electrons. The van der Waals surface area contributed by atoms with E-state index < -0.39 is 0 Å². The Balaban J connectivity index is 1.91. The lowest BCUT2D eigenvalue weighted by Crippen LogP contribution is -2.34. The van der Waals surface area contributed by atoms with Gasteiger partial charge in [-0.3, -0.25) is 0 Å². The van der Waals surface area contributed by atoms with E-state index in [2.05, 4.69) is 59.2 Å². The number of fused-ring (bicyclic) bond motifs is 1. The lowest BCUT2D eigenvalue weighted by atomic mass is 9.94. The minimum Gasteiger partial charge on any atom is -0.356 e. The molecule has 1 saturated carbocycles. The number of halogens is 1. The van der Waals surface area contributed by atoms with Crippen LogP contribution in [-0.4, -0.2) is 23.1 Å². The van der Waals surface area contributed by atoms with Crippen LogP contribution >= 0.6 is 22.9 Å². The van der Waals surface area contributed by atoms with E-state index in [1.165, 1.54) is 48.1 Å². The highest BCUT2D eigenvalue weighted by molar-refractivity contribution is 7.19. The van der Waals surface area contributed by atoms with Crippen molar-refractivity contribution in [2.45, 2.75) is 45.1 Å². The van der Waals surface area contributed by atoms with Crippen LogP contribution in [-0.2, 0) is 0 Å². The molecule has 2 heterocycles. The maximum atomic E-state index is 6.27. The van der Waals surface area contributed by atoms with Gasteiger partial charge in [-0.2, -0.15) is 4.98 Å². The van der Waals surface area contributed by atoms with Crippen LogP contribution in [0, 0.1) is 6.92 Å². The van der Waals surface area contributed by atoms with Crippen LogP contribution in [0.2, 0.25) is 5.28 Å². The molecule has 0 aliphatic heterocycles. The summed E-state index contributed by atoms with van der Waals surface area (Å²) in [5.41, 5.74) is 2.46. The quantitative estimate of drug-likeness (QED) is 0.521. The van der Waals surface area contributed by atoms with E-state index in [4.69, 9.17) is 11.6 Å². The van der Waals surface area contributed by atoms with E-state index in [9.17, 15) is 0 Å². The fourth-order valence-electron chi connectivity index (χ4n) is 3.92. The van der Waals surface area contributed by atoms with Crippen molar-refractivity contribution in [3.63, 3.8) is 0 Å². The number of anilines is 1. The molecule has 0 atom stereocenters. The fraction of sp³-hybridized carbons (Fsp3) is 0.400. The van der Waals surface area contributed by atoms with Crippen molar-refractivity contribution < 1.29 is 0 Å². The summed E-state index contributed by atoms with van der Waals surface area (Å²) in [4.78, 5) is 13.8. The maximum Gasteiger partial charge on any atom is 0.225 e. The summed E-state index contributed by atoms with van der Waals surface area (Å²) >= 11 is 7.98. The molecule has 2 aromatic heterocycles. The second kappa shape index (κ2) is 6.93. The van der Waals surface area contributed by atoms with Crippen molar-refractivity contribution in [1.29, 1.82) is 0 Å². The van der Waals surface area contributed by atoms with Gasteiger partial charge in [0.1, 0.15) is 10.6 Å². The molecule has 0 unspecified atom stereocenters. The van der Waals surface area contributed by atoms with E-state index in [1.807, 2.05) is 0 Å². The third-order valence-electron chi connectivity index (χ3n) is 5.20. The Bertz CT molecular complexity index is 885. The molecule has 0 N–H and O–H groups in total. The Morgan fingerprint density at radius 1 is 1.08 bits per heavy atom. The molecule has 0 amide bonds. The van der Waals surface area contributed by atoms with Crippen LogP contribution in [0.5, 0.6) is 0 Å². The van der Waals surface area contributed by atoms with Gasteiger partial charge < -0.3 is 4.90 Å². The van der Waals surface area contributed by atoms with E-state index in [1.54, 1.807) is 11.3 Å². The standard InChI is InChI=1S/C20H22ClN3S/c1-13-16(14-9-5-3-6-10-14)17-18(22-20(21)23-19(17)25-13)24(2)15-11-7-4-8-12-15/h3,5-6,9-10,15H,4,7-8,11-12H2,1-2H3. The molecule has 1 aromatic carbocycles. The number of aryl methyl sites for hydroxylation is 1. The summed E-state index contributed by atoms with van der Waals surface area (Å²) in [5, 5.41) is 1.48. The average Bonchev–Trinajstić information content (AvgIpc) is 2.97. The summed E-state index contributed by atoms with van der Waals surface area (Å²) < 4.78 is 0. The average molecular weight is 372 g/mol. The third-order valence-corrected chi connectivity index (χ3v) is 6.37. The molecule has 1 aliphatic rings. The van der Waals surface area contributed by atoms with Crippen molar-refractivity contribution >= 4 is 39.0 Å². The van der Waals surface area contributed by atoms with Gasteiger partial charge in [-0.25, -0.2) is 4.98 Å². The normalized spacial score (nSPS) is 15.6. The fourth-order valence-corrected chi connectivity index (χ4v) is 5.17. The van der Waals surface area contributed by atoms with E-state index in [-0.39, 0.29) is 0 Å². The zero-order valence-corrected chi connectivity index (χ0v) is 16.2. The molecule has 0 radical (unpaired) electrons. The predicted octanol–water partition coefficient (Wildman–Crippen LogP) is 6.09. The summed E-state index contributed by atoms with van der Waals surface area (Å²) in [6.07, 6.45) is 6.39. The molecular formula is C20H22ClN3S. The first-order valence-electron chi connectivity index (χ1n) is 8.90. The Morgan fingerprint density at radius 2 is 1.80 bits per heavy atom. The van der Waals surface area contributed by atoms with Crippen LogP contribution in [0.25, 0.3) is 21.3 Å². The topological polar surface area (TPSA) is 29.0 Å². The zero-order chi connectivity index (χ0) is 17.4. The predicted molar refractivity (Wildman–Crippen MR) is 108 cm³/mol. The SMILES string of the molecule is Cc1sc2nc(Cl)nc(N(C)C3CCCCC3)c2c1-c1ccccc1. The molecular weight excluding hydrogens is 350 g/mol. The summed E-state index contributed by atoms with van der Waals surface area (Å²) in [6, 6.07) is 11.1. The van der Waals surface area contributed by atoms with Gasteiger partial charge in [0.15, 0.2) is 0 Å². The smallest absolute Gasteiger partial charge is 0.225 e. The van der Waals surface area contributed by atoms with Gasteiger partial charge in [0, 0.05) is 23.5 Å². The number of hydrogen-bond donors (Lipinski definition) is 0. The Kier molecular flexibility index (Phi) is 4.65. The van der Waals surface area contributed by atoms with Crippen molar-refractivity contribution in [2.24, 2.45) is 0 Å². The van der Waals surface area contributed by atoms with Crippen LogP contribution in [0.4, 0.5) is 5.82 Å². The van der Waals surface area contributed by atoms with Crippen molar-refractivity contribution in [3.05, 3.63) is 40.5 Å². The first kappa shape index (κ1) is 16.8. The van der Waals surface area contributed by atoms with Gasteiger partial charge in [-0.05, 0) is 36.9 Å². The van der Waals surface area contributed by atoms with Gasteiger partial charge >= 0.3 is 0 Å². The Labute approximate surface area is 157 Å². The maximum absolute atomic E-state index is 6.27. The zero-order valence-electron chi connectivity index (χ0n) is 14.6. The molecule has 1 aliphatic carbocycles. The molecule has 1 fully saturated rings. The minimum atomic E-state index is 0.339. The highest BCUT2D eigenvalue weighted by Crippen LogP contribution is 2.43. The molecule has 4 rings (SSSR count). The van der Waals surface area contributed by atoms with Crippen LogP contribution in [0.15, 0.2) is 30.3 Å². The van der Waals surface area contributed by atoms with Gasteiger partial charge in [0.05, 0.1) is 5.39 Å². The van der Waals surface area contributed by atoms with Gasteiger partial charge in [0.2, 0.25) is 5.28 Å². The minimum absolute atomic E-state index is 0.339. The van der Waals surface area contributed by atoms with Gasteiger partial charge in [0.25, 0.3) is 0 Å². The van der Waals surface area contributed by atoms with E-state index >= 15 is 0 Å². The van der Waals surface area contributed by atoms with Crippen LogP contribution in [0.3, 0.4) is 0 Å². The number of benzene rings is 1. The molecule has 3 aromatic rings. The largest absolute Gasteiger partial charge is 0.356 e. The van der Waals surface area contributed by atoms with E-state index in [0.29, 0.717) is 11.3 Å². The summed E-state index contributed by atoms with van der Waals surface area (Å²) in [7, 11) is 2.16. The Morgan fingerprint density at radius 3 is 2.52 bits per heavy atom. The number of aromatic nitrogens is 2. The van der Waals surface area contributed by atoms with Gasteiger partial charge in [-0.1, -0.05) is 49.6 Å². The number of hydrogen-bond acceptors (Lipinski definition) is 4. The second-order valence-electron chi connectivity index (χ2n) is 6.80. The monoisotopic (exact) mass is 371 g/mol. The molecule has 3 nitrogen and oxygen atoms in total. The number of nitrogens with zero attached hydrogens (tertiary/aromatic N) is 3. The number of thiophene rings is 1. The lowest BCUT2D eigenvalue weighted by molar-refractivity contribution is 0.426. The van der Waals surface area contributed by atoms with E-state index in [0.717, 1.165) is 16.0 Å². The summed E-state index contributed by atoms with van der Waals surface area (Å²) in [6.45, 7) is 2.16. The first-order valence-corrected chi connectivity index (χ1v) is 10.1. The van der Waals surface area contributed by atoms with Crippen LogP contribution in [0.1, 0.15) is 37.0 Å². The third kappa shape index (κ3) is 3.13. The first-order chi connectivity index (χ1) is 12.1. The highest BCUT2D eigenvalue weighted by Gasteiger charge is 2.25. The van der Waals surface area contributed by atoms with Crippen molar-refractivity contribution in [3.8, 4) is 11.1 Å². The summed E-state index contributed by atoms with van der Waals surface area (Å²) in [5.74, 6) is 0.977. The van der Waals surface area contributed by atoms with Crippen LogP contribution < -0.4 is 4.90 Å². The van der Waals surface area contributed by atoms with Crippen molar-refractivity contribution in [1.82, 2.24) is 9.97 Å². The molecule has 25 heavy (non-hydrogen) atoms. The highest BCUT2D eigenvalue weighted by atomic mass is 35.5. The lowest BCUT2D eigenvalue weighted by Gasteiger charge is -2.32. The number of rotatable bonds is 3. The van der Waals surface area contributed by atoms with Gasteiger partial charge in [-0.15, -0.1) is 11.3 Å². The Hall–Kier alpha value is -1.65. The molecule has 0 spiro atoms. The van der Waals surface area contributed by atoms with Crippen molar-refractivity contribution in [2.75, 3.05) is 11.9 Å². The molecule has 5 heteroatoms. The second-order valence-corrected chi connectivity index (χ2v) is 8.34. The molecule has 0 saturated heterocycles. The molecule has 0 bridgehead atoms.